The molecule has 31 heavy (non-hydrogen) atoms. The molecule has 0 fully saturated rings. The zero-order valence-electron chi connectivity index (χ0n) is 16.7. The fourth-order valence-corrected chi connectivity index (χ4v) is 3.43. The second-order valence-corrected chi connectivity index (χ2v) is 7.59. The lowest BCUT2D eigenvalue weighted by Crippen LogP contribution is -2.10. The minimum absolute atomic E-state index is 0.00160. The molecule has 0 aliphatic carbocycles. The first-order valence-corrected chi connectivity index (χ1v) is 9.96. The van der Waals surface area contributed by atoms with E-state index in [0.29, 0.717) is 34.2 Å². The van der Waals surface area contributed by atoms with Crippen molar-refractivity contribution in [2.75, 3.05) is 0 Å². The van der Waals surface area contributed by atoms with Crippen LogP contribution in [0.15, 0.2) is 66.7 Å². The van der Waals surface area contributed by atoms with E-state index in [4.69, 9.17) is 22.1 Å². The number of phenolic OH excluding ortho intramolecular Hbond substituents is 1. The van der Waals surface area contributed by atoms with Gasteiger partial charge in [0.1, 0.15) is 23.8 Å². The number of rotatable bonds is 6. The number of halogens is 1. The van der Waals surface area contributed by atoms with Crippen LogP contribution in [-0.2, 0) is 6.61 Å². The number of aromatic nitrogens is 2. The summed E-state index contributed by atoms with van der Waals surface area (Å²) in [6.45, 7) is 2.29. The van der Waals surface area contributed by atoms with E-state index in [-0.39, 0.29) is 11.4 Å². The number of ether oxygens (including phenoxy) is 1. The van der Waals surface area contributed by atoms with Gasteiger partial charge in [0.15, 0.2) is 0 Å². The molecule has 0 aliphatic rings. The minimum Gasteiger partial charge on any atom is -0.506 e. The number of primary amides is 1. The highest BCUT2D eigenvalue weighted by molar-refractivity contribution is 6.30. The second kappa shape index (κ2) is 8.53. The number of aromatic hydroxyl groups is 1. The van der Waals surface area contributed by atoms with Crippen LogP contribution in [0.4, 0.5) is 0 Å². The van der Waals surface area contributed by atoms with Crippen LogP contribution in [0.25, 0.3) is 22.4 Å². The number of aryl methyl sites for hydroxylation is 1. The van der Waals surface area contributed by atoms with Gasteiger partial charge in [0.2, 0.25) is 0 Å². The Morgan fingerprint density at radius 1 is 1.13 bits per heavy atom. The molecule has 6 nitrogen and oxygen atoms in total. The van der Waals surface area contributed by atoms with Crippen molar-refractivity contribution in [2.45, 2.75) is 13.5 Å². The maximum absolute atomic E-state index is 11.4. The third-order valence-electron chi connectivity index (χ3n) is 4.87. The van der Waals surface area contributed by atoms with Gasteiger partial charge < -0.3 is 15.6 Å². The van der Waals surface area contributed by atoms with Crippen LogP contribution in [0.2, 0.25) is 5.02 Å². The quantitative estimate of drug-likeness (QED) is 0.394. The minimum atomic E-state index is -0.625. The van der Waals surface area contributed by atoms with Crippen LogP contribution in [-0.4, -0.2) is 21.2 Å². The maximum Gasteiger partial charge on any atom is 0.266 e. The van der Waals surface area contributed by atoms with E-state index in [2.05, 4.69) is 10.2 Å². The number of nitrogens with two attached hydrogens (primary N) is 1. The van der Waals surface area contributed by atoms with Gasteiger partial charge in [-0.1, -0.05) is 53.6 Å². The number of carbonyl (C=O) groups is 1. The second-order valence-electron chi connectivity index (χ2n) is 7.15. The molecule has 0 bridgehead atoms. The Kier molecular flexibility index (Phi) is 5.64. The van der Waals surface area contributed by atoms with E-state index < -0.39 is 5.91 Å². The summed E-state index contributed by atoms with van der Waals surface area (Å²) in [5.74, 6) is -0.103. The number of benzene rings is 3. The predicted molar refractivity (Wildman–Crippen MR) is 120 cm³/mol. The first kappa shape index (κ1) is 20.5. The van der Waals surface area contributed by atoms with Crippen molar-refractivity contribution in [3.8, 4) is 33.9 Å². The van der Waals surface area contributed by atoms with Crippen molar-refractivity contribution in [3.63, 3.8) is 0 Å². The summed E-state index contributed by atoms with van der Waals surface area (Å²) in [7, 11) is 0. The zero-order chi connectivity index (χ0) is 22.0. The van der Waals surface area contributed by atoms with E-state index in [1.807, 2.05) is 43.3 Å². The van der Waals surface area contributed by atoms with Gasteiger partial charge in [-0.3, -0.25) is 9.89 Å². The van der Waals surface area contributed by atoms with Crippen LogP contribution >= 0.6 is 11.6 Å². The Morgan fingerprint density at radius 2 is 1.90 bits per heavy atom. The van der Waals surface area contributed by atoms with Crippen molar-refractivity contribution >= 4 is 17.5 Å². The molecule has 7 heteroatoms. The van der Waals surface area contributed by atoms with Crippen molar-refractivity contribution in [3.05, 3.63) is 88.6 Å². The van der Waals surface area contributed by atoms with E-state index in [1.54, 1.807) is 24.3 Å². The molecule has 0 saturated carbocycles. The van der Waals surface area contributed by atoms with Crippen molar-refractivity contribution in [1.29, 1.82) is 0 Å². The van der Waals surface area contributed by atoms with Gasteiger partial charge in [0.25, 0.3) is 5.91 Å². The number of hydrogen-bond acceptors (Lipinski definition) is 4. The number of hydrogen-bond donors (Lipinski definition) is 3. The highest BCUT2D eigenvalue weighted by atomic mass is 35.5. The molecule has 4 N–H and O–H groups in total. The maximum atomic E-state index is 11.4. The van der Waals surface area contributed by atoms with E-state index in [0.717, 1.165) is 16.7 Å². The van der Waals surface area contributed by atoms with Crippen LogP contribution in [0.1, 0.15) is 21.6 Å². The number of nitrogens with one attached hydrogen (secondary N) is 1. The first-order valence-electron chi connectivity index (χ1n) is 9.58. The van der Waals surface area contributed by atoms with Crippen molar-refractivity contribution in [1.82, 2.24) is 10.2 Å². The average molecular weight is 434 g/mol. The molecular formula is C24H20ClN3O3. The molecule has 3 aromatic carbocycles. The molecule has 1 aromatic heterocycles. The molecule has 0 atom stereocenters. The number of carbonyl (C=O) groups excluding carboxylic acids is 1. The van der Waals surface area contributed by atoms with Gasteiger partial charge in [-0.15, -0.1) is 0 Å². The van der Waals surface area contributed by atoms with E-state index in [9.17, 15) is 9.90 Å². The molecule has 156 valence electrons. The van der Waals surface area contributed by atoms with Crippen LogP contribution in [0, 0.1) is 6.92 Å². The fourth-order valence-electron chi connectivity index (χ4n) is 3.31. The molecule has 0 spiro atoms. The monoisotopic (exact) mass is 433 g/mol. The predicted octanol–water partition coefficient (Wildman–Crippen LogP) is 5.09. The summed E-state index contributed by atoms with van der Waals surface area (Å²) in [5, 5.41) is 18.5. The zero-order valence-corrected chi connectivity index (χ0v) is 17.5. The van der Waals surface area contributed by atoms with Crippen LogP contribution in [0.3, 0.4) is 0 Å². The number of amides is 1. The summed E-state index contributed by atoms with van der Waals surface area (Å²) in [5.41, 5.74) is 9.67. The Morgan fingerprint density at radius 3 is 2.58 bits per heavy atom. The largest absolute Gasteiger partial charge is 0.506 e. The standard InChI is InChI=1S/C24H20ClN3O3/c1-14-3-2-4-16(11-14)22-21(31-13-15-5-7-17(25)8-6-15)10-9-18(23(22)29)19-12-20(24(26)30)28-27-19/h2-12,29H,13H2,1H3,(H2,26,30)(H,27,28). The topological polar surface area (TPSA) is 101 Å². The average Bonchev–Trinajstić information content (AvgIpc) is 3.24. The molecule has 0 aliphatic heterocycles. The summed E-state index contributed by atoms with van der Waals surface area (Å²) >= 11 is 5.96. The van der Waals surface area contributed by atoms with Gasteiger partial charge in [-0.25, -0.2) is 0 Å². The highest BCUT2D eigenvalue weighted by Gasteiger charge is 2.19. The smallest absolute Gasteiger partial charge is 0.266 e. The summed E-state index contributed by atoms with van der Waals surface area (Å²) < 4.78 is 6.07. The SMILES string of the molecule is Cc1cccc(-c2c(OCc3ccc(Cl)cc3)ccc(-c3cc(C(N)=O)[nH]n3)c2O)c1. The number of aromatic amines is 1. The molecule has 0 radical (unpaired) electrons. The van der Waals surface area contributed by atoms with Gasteiger partial charge >= 0.3 is 0 Å². The first-order chi connectivity index (χ1) is 14.9. The molecule has 0 unspecified atom stereocenters. The molecule has 4 aromatic rings. The Bertz CT molecular complexity index is 1250. The Labute approximate surface area is 184 Å². The molecule has 1 heterocycles. The number of H-pyrrole nitrogens is 1. The lowest BCUT2D eigenvalue weighted by Gasteiger charge is -2.16. The fraction of sp³-hybridized carbons (Fsp3) is 0.0833. The van der Waals surface area contributed by atoms with Crippen molar-refractivity contribution in [2.24, 2.45) is 5.73 Å². The molecular weight excluding hydrogens is 414 g/mol. The van der Waals surface area contributed by atoms with Gasteiger partial charge in [-0.2, -0.15) is 5.10 Å². The lowest BCUT2D eigenvalue weighted by atomic mass is 9.97. The van der Waals surface area contributed by atoms with Crippen LogP contribution in [0.5, 0.6) is 11.5 Å². The molecule has 0 saturated heterocycles. The van der Waals surface area contributed by atoms with Gasteiger partial charge in [0.05, 0.1) is 11.3 Å². The van der Waals surface area contributed by atoms with Crippen molar-refractivity contribution < 1.29 is 14.6 Å². The molecule has 1 amide bonds. The lowest BCUT2D eigenvalue weighted by molar-refractivity contribution is 0.0995. The normalized spacial score (nSPS) is 10.8. The molecule has 4 rings (SSSR count). The van der Waals surface area contributed by atoms with Crippen LogP contribution < -0.4 is 10.5 Å². The summed E-state index contributed by atoms with van der Waals surface area (Å²) in [6, 6.07) is 20.1. The summed E-state index contributed by atoms with van der Waals surface area (Å²) in [6.07, 6.45) is 0. The van der Waals surface area contributed by atoms with E-state index >= 15 is 0 Å². The van der Waals surface area contributed by atoms with E-state index in [1.165, 1.54) is 6.07 Å². The third kappa shape index (κ3) is 4.39. The Balaban J connectivity index is 1.77. The van der Waals surface area contributed by atoms with Gasteiger partial charge in [0, 0.05) is 10.6 Å². The van der Waals surface area contributed by atoms with Gasteiger partial charge in [-0.05, 0) is 48.4 Å². The third-order valence-corrected chi connectivity index (χ3v) is 5.13. The Hall–Kier alpha value is -3.77. The number of phenols is 1. The number of nitrogens with zero attached hydrogens (tertiary/aromatic N) is 1. The highest BCUT2D eigenvalue weighted by Crippen LogP contribution is 2.44. The summed E-state index contributed by atoms with van der Waals surface area (Å²) in [4.78, 5) is 11.4.